The number of amides is 1. The fourth-order valence-corrected chi connectivity index (χ4v) is 4.46. The lowest BCUT2D eigenvalue weighted by atomic mass is 9.93. The van der Waals surface area contributed by atoms with Gasteiger partial charge < -0.3 is 20.7 Å². The van der Waals surface area contributed by atoms with E-state index in [1.807, 2.05) is 0 Å². The van der Waals surface area contributed by atoms with E-state index in [9.17, 15) is 23.1 Å². The number of aromatic nitrogens is 4. The molecule has 202 valence electrons. The highest BCUT2D eigenvalue weighted by Crippen LogP contribution is 2.45. The zero-order chi connectivity index (χ0) is 28.2. The molecule has 2 aromatic heterocycles. The first kappa shape index (κ1) is 25.3. The number of hydrogen-bond acceptors (Lipinski definition) is 8. The Morgan fingerprint density at radius 3 is 2.65 bits per heavy atom. The van der Waals surface area contributed by atoms with Crippen molar-refractivity contribution in [3.63, 3.8) is 0 Å². The number of nitrogen functional groups attached to an aromatic ring is 1. The van der Waals surface area contributed by atoms with E-state index in [1.54, 1.807) is 31.2 Å². The Balaban J connectivity index is 1.43. The van der Waals surface area contributed by atoms with Crippen LogP contribution < -0.4 is 11.1 Å². The molecular weight excluding hydrogens is 525 g/mol. The molecule has 0 saturated heterocycles. The van der Waals surface area contributed by atoms with Crippen LogP contribution >= 0.6 is 0 Å². The number of fused-ring (bicyclic) bond motifs is 1. The summed E-state index contributed by atoms with van der Waals surface area (Å²) in [5.41, 5.74) is 7.22. The summed E-state index contributed by atoms with van der Waals surface area (Å²) in [6.07, 6.45) is -1.16. The van der Waals surface area contributed by atoms with Crippen LogP contribution in [-0.2, 0) is 6.18 Å². The zero-order valence-corrected chi connectivity index (χ0v) is 21.0. The zero-order valence-electron chi connectivity index (χ0n) is 21.0. The lowest BCUT2D eigenvalue weighted by Crippen LogP contribution is -2.13. The maximum Gasteiger partial charge on any atom is 0.416 e. The average molecular weight is 547 g/mol. The highest BCUT2D eigenvalue weighted by molar-refractivity contribution is 6.06. The number of aromatic hydroxyl groups is 1. The van der Waals surface area contributed by atoms with Crippen LogP contribution in [0, 0.1) is 6.92 Å². The number of carbonyl (C=O) groups excluding carboxylic acids is 1. The van der Waals surface area contributed by atoms with Gasteiger partial charge in [-0.25, -0.2) is 9.97 Å². The Labute approximate surface area is 224 Å². The van der Waals surface area contributed by atoms with E-state index < -0.39 is 17.6 Å². The van der Waals surface area contributed by atoms with Gasteiger partial charge in [0.1, 0.15) is 5.75 Å². The second-order valence-corrected chi connectivity index (χ2v) is 9.61. The summed E-state index contributed by atoms with van der Waals surface area (Å²) in [6.45, 7) is 1.80. The van der Waals surface area contributed by atoms with Crippen LogP contribution in [0.4, 0.5) is 24.8 Å². The molecule has 1 aliphatic carbocycles. The molecule has 0 bridgehead atoms. The number of anilines is 2. The SMILES string of the molecule is Cc1ccc(C(=O)Nc2cccc(C(F)(F)F)c2)cc1-c1cc2cnc(N)nc2c(-c2noc(C3CC3)n2)c1O. The fraction of sp³-hybridized carbons (Fsp3) is 0.179. The molecule has 1 saturated carbocycles. The summed E-state index contributed by atoms with van der Waals surface area (Å²) in [5.74, 6) is -0.0281. The van der Waals surface area contributed by atoms with Crippen molar-refractivity contribution in [2.45, 2.75) is 31.9 Å². The molecular formula is C28H21F3N6O3. The molecule has 2 heterocycles. The quantitative estimate of drug-likeness (QED) is 0.241. The predicted octanol–water partition coefficient (Wildman–Crippen LogP) is 6.09. The summed E-state index contributed by atoms with van der Waals surface area (Å²) >= 11 is 0. The summed E-state index contributed by atoms with van der Waals surface area (Å²) < 4.78 is 44.8. The molecule has 40 heavy (non-hydrogen) atoms. The molecule has 3 aromatic carbocycles. The van der Waals surface area contributed by atoms with Crippen LogP contribution in [0.3, 0.4) is 0 Å². The third kappa shape index (κ3) is 4.68. The molecule has 12 heteroatoms. The summed E-state index contributed by atoms with van der Waals surface area (Å²) in [6, 6.07) is 10.8. The van der Waals surface area contributed by atoms with Gasteiger partial charge in [0.05, 0.1) is 16.6 Å². The van der Waals surface area contributed by atoms with Gasteiger partial charge in [0.15, 0.2) is 0 Å². The molecule has 0 atom stereocenters. The van der Waals surface area contributed by atoms with Gasteiger partial charge in [-0.05, 0) is 67.3 Å². The number of nitrogens with zero attached hydrogens (tertiary/aromatic N) is 4. The van der Waals surface area contributed by atoms with Crippen molar-refractivity contribution in [2.75, 3.05) is 11.1 Å². The van der Waals surface area contributed by atoms with Gasteiger partial charge in [0.2, 0.25) is 17.7 Å². The minimum absolute atomic E-state index is 0.00347. The fourth-order valence-electron chi connectivity index (χ4n) is 4.46. The summed E-state index contributed by atoms with van der Waals surface area (Å²) in [5, 5.41) is 18.6. The number of nitrogens with one attached hydrogen (secondary N) is 1. The number of aryl methyl sites for hydroxylation is 1. The van der Waals surface area contributed by atoms with Gasteiger partial charge >= 0.3 is 6.18 Å². The Morgan fingerprint density at radius 2 is 1.90 bits per heavy atom. The molecule has 6 rings (SSSR count). The molecule has 0 radical (unpaired) electrons. The van der Waals surface area contributed by atoms with Crippen molar-refractivity contribution in [3.8, 4) is 28.3 Å². The van der Waals surface area contributed by atoms with Crippen LogP contribution in [-0.4, -0.2) is 31.1 Å². The Bertz CT molecular complexity index is 1800. The Kier molecular flexibility index (Phi) is 5.90. The van der Waals surface area contributed by atoms with E-state index in [0.717, 1.165) is 30.5 Å². The van der Waals surface area contributed by atoms with Crippen LogP contribution in [0.5, 0.6) is 5.75 Å². The van der Waals surface area contributed by atoms with Crippen molar-refractivity contribution < 1.29 is 27.6 Å². The Morgan fingerprint density at radius 1 is 1.10 bits per heavy atom. The highest BCUT2D eigenvalue weighted by Gasteiger charge is 2.32. The molecule has 1 amide bonds. The van der Waals surface area contributed by atoms with Crippen molar-refractivity contribution in [1.82, 2.24) is 20.1 Å². The van der Waals surface area contributed by atoms with Crippen molar-refractivity contribution in [2.24, 2.45) is 0 Å². The lowest BCUT2D eigenvalue weighted by Gasteiger charge is -2.15. The Hall–Kier alpha value is -5.00. The standard InChI is InChI=1S/C28H21F3N6O3/c1-13-5-6-15(25(39)34-18-4-2-3-17(11-18)28(29,30)31)9-19(13)20-10-16-12-33-27(32)35-22(16)21(23(20)38)24-36-26(40-37-24)14-7-8-14/h2-6,9-12,14,38H,7-8H2,1H3,(H,34,39)(H2,32,33,35). The van der Waals surface area contributed by atoms with E-state index in [-0.39, 0.29) is 40.3 Å². The number of carbonyl (C=O) groups is 1. The van der Waals surface area contributed by atoms with E-state index in [1.165, 1.54) is 18.3 Å². The monoisotopic (exact) mass is 546 g/mol. The number of phenols is 1. The normalized spacial score (nSPS) is 13.5. The maximum absolute atomic E-state index is 13.1. The van der Waals surface area contributed by atoms with Crippen molar-refractivity contribution in [1.29, 1.82) is 0 Å². The molecule has 1 fully saturated rings. The first-order chi connectivity index (χ1) is 19.1. The third-order valence-corrected chi connectivity index (χ3v) is 6.69. The topological polar surface area (TPSA) is 140 Å². The number of rotatable bonds is 5. The first-order valence-electron chi connectivity index (χ1n) is 12.3. The second-order valence-electron chi connectivity index (χ2n) is 9.61. The largest absolute Gasteiger partial charge is 0.506 e. The third-order valence-electron chi connectivity index (χ3n) is 6.69. The van der Waals surface area contributed by atoms with Gasteiger partial charge in [-0.2, -0.15) is 18.2 Å². The predicted molar refractivity (Wildman–Crippen MR) is 140 cm³/mol. The van der Waals surface area contributed by atoms with Crippen molar-refractivity contribution >= 4 is 28.4 Å². The minimum atomic E-state index is -4.55. The molecule has 0 spiro atoms. The van der Waals surface area contributed by atoms with E-state index in [0.29, 0.717) is 27.9 Å². The number of hydrogen-bond donors (Lipinski definition) is 3. The van der Waals surface area contributed by atoms with Gasteiger partial charge in [-0.15, -0.1) is 0 Å². The summed E-state index contributed by atoms with van der Waals surface area (Å²) in [4.78, 5) is 25.9. The van der Waals surface area contributed by atoms with Gasteiger partial charge in [-0.1, -0.05) is 17.3 Å². The van der Waals surface area contributed by atoms with E-state index in [4.69, 9.17) is 10.3 Å². The molecule has 1 aliphatic rings. The maximum atomic E-state index is 13.1. The van der Waals surface area contributed by atoms with Crippen LogP contribution in [0.25, 0.3) is 33.4 Å². The molecule has 9 nitrogen and oxygen atoms in total. The average Bonchev–Trinajstić information content (AvgIpc) is 3.65. The smallest absolute Gasteiger partial charge is 0.416 e. The number of alkyl halides is 3. The molecule has 4 N–H and O–H groups in total. The van der Waals surface area contributed by atoms with Crippen molar-refractivity contribution in [3.05, 3.63) is 77.3 Å². The van der Waals surface area contributed by atoms with E-state index >= 15 is 0 Å². The molecule has 0 unspecified atom stereocenters. The minimum Gasteiger partial charge on any atom is -0.506 e. The molecule has 0 aliphatic heterocycles. The second kappa shape index (κ2) is 9.33. The highest BCUT2D eigenvalue weighted by atomic mass is 19.4. The van der Waals surface area contributed by atoms with Gasteiger partial charge in [-0.3, -0.25) is 4.79 Å². The van der Waals surface area contributed by atoms with Crippen LogP contribution in [0.2, 0.25) is 0 Å². The van der Waals surface area contributed by atoms with Crippen LogP contribution in [0.1, 0.15) is 46.1 Å². The van der Waals surface area contributed by atoms with Gasteiger partial charge in [0, 0.05) is 34.3 Å². The summed E-state index contributed by atoms with van der Waals surface area (Å²) in [7, 11) is 0. The lowest BCUT2D eigenvalue weighted by molar-refractivity contribution is -0.137. The van der Waals surface area contributed by atoms with Crippen LogP contribution in [0.15, 0.2) is 59.3 Å². The van der Waals surface area contributed by atoms with E-state index in [2.05, 4.69) is 25.4 Å². The number of phenolic OH excluding ortho intramolecular Hbond substituents is 1. The number of halogens is 3. The molecule has 5 aromatic rings. The number of benzene rings is 3. The number of nitrogens with two attached hydrogens (primary N) is 1. The first-order valence-corrected chi connectivity index (χ1v) is 12.3. The van der Waals surface area contributed by atoms with Gasteiger partial charge in [0.25, 0.3) is 5.91 Å².